The second-order valence-corrected chi connectivity index (χ2v) is 6.04. The Morgan fingerprint density at radius 3 is 2.33 bits per heavy atom. The van der Waals surface area contributed by atoms with Gasteiger partial charge in [-0.3, -0.25) is 0 Å². The van der Waals surface area contributed by atoms with Gasteiger partial charge in [0, 0.05) is 16.5 Å². The molecule has 1 heterocycles. The number of rotatable bonds is 2. The first-order valence-electron chi connectivity index (χ1n) is 6.99. The standard InChI is InChI=1S/C17H17BrO3/c1-11-3-5-12(6-4-11)17(19)13-9-15-16(10-14(13)18)21-8-2-7-20-15/h3-6,9-10,17,19H,2,7-8H2,1H3. The highest BCUT2D eigenvalue weighted by Crippen LogP contribution is 2.39. The first kappa shape index (κ1) is 14.4. The molecule has 110 valence electrons. The lowest BCUT2D eigenvalue weighted by atomic mass is 10.00. The summed E-state index contributed by atoms with van der Waals surface area (Å²) >= 11 is 3.52. The Kier molecular flexibility index (Phi) is 4.17. The maximum absolute atomic E-state index is 10.6. The lowest BCUT2D eigenvalue weighted by Gasteiger charge is -2.16. The molecule has 1 unspecified atom stereocenters. The molecule has 0 bridgehead atoms. The van der Waals surface area contributed by atoms with Gasteiger partial charge in [0.2, 0.25) is 0 Å². The predicted octanol–water partition coefficient (Wildman–Crippen LogP) is 4.00. The van der Waals surface area contributed by atoms with Crippen LogP contribution in [0.3, 0.4) is 0 Å². The van der Waals surface area contributed by atoms with E-state index >= 15 is 0 Å². The zero-order valence-electron chi connectivity index (χ0n) is 11.8. The van der Waals surface area contributed by atoms with E-state index in [2.05, 4.69) is 15.9 Å². The lowest BCUT2D eigenvalue weighted by Crippen LogP contribution is -2.02. The van der Waals surface area contributed by atoms with Crippen molar-refractivity contribution in [2.75, 3.05) is 13.2 Å². The SMILES string of the molecule is Cc1ccc(C(O)c2cc3c(cc2Br)OCCCO3)cc1. The fourth-order valence-corrected chi connectivity index (χ4v) is 2.88. The molecule has 0 aromatic heterocycles. The summed E-state index contributed by atoms with van der Waals surface area (Å²) in [4.78, 5) is 0. The number of hydrogen-bond acceptors (Lipinski definition) is 3. The molecular weight excluding hydrogens is 332 g/mol. The topological polar surface area (TPSA) is 38.7 Å². The highest BCUT2D eigenvalue weighted by Gasteiger charge is 2.19. The normalized spacial score (nSPS) is 15.4. The molecule has 0 aliphatic carbocycles. The summed E-state index contributed by atoms with van der Waals surface area (Å²) in [7, 11) is 0. The summed E-state index contributed by atoms with van der Waals surface area (Å²) in [6.45, 7) is 3.31. The molecule has 0 radical (unpaired) electrons. The molecule has 1 atom stereocenters. The zero-order valence-corrected chi connectivity index (χ0v) is 13.4. The Balaban J connectivity index is 1.97. The predicted molar refractivity (Wildman–Crippen MR) is 85.0 cm³/mol. The quantitative estimate of drug-likeness (QED) is 0.891. The van der Waals surface area contributed by atoms with Crippen molar-refractivity contribution < 1.29 is 14.6 Å². The van der Waals surface area contributed by atoms with Crippen molar-refractivity contribution in [3.05, 3.63) is 57.6 Å². The monoisotopic (exact) mass is 348 g/mol. The summed E-state index contributed by atoms with van der Waals surface area (Å²) in [5, 5.41) is 10.6. The summed E-state index contributed by atoms with van der Waals surface area (Å²) < 4.78 is 12.2. The van der Waals surface area contributed by atoms with Crippen molar-refractivity contribution >= 4 is 15.9 Å². The highest BCUT2D eigenvalue weighted by molar-refractivity contribution is 9.10. The molecule has 2 aromatic rings. The second-order valence-electron chi connectivity index (χ2n) is 5.18. The van der Waals surface area contributed by atoms with Crippen molar-refractivity contribution in [1.82, 2.24) is 0 Å². The Morgan fingerprint density at radius 2 is 1.67 bits per heavy atom. The van der Waals surface area contributed by atoms with E-state index in [9.17, 15) is 5.11 Å². The van der Waals surface area contributed by atoms with Crippen LogP contribution in [0, 0.1) is 6.92 Å². The molecule has 3 rings (SSSR count). The van der Waals surface area contributed by atoms with E-state index in [1.807, 2.05) is 43.3 Å². The Hall–Kier alpha value is -1.52. The Bertz CT molecular complexity index is 637. The van der Waals surface area contributed by atoms with Crippen LogP contribution in [0.1, 0.15) is 29.2 Å². The number of fused-ring (bicyclic) bond motifs is 1. The molecule has 1 aliphatic heterocycles. The molecule has 0 fully saturated rings. The van der Waals surface area contributed by atoms with Crippen LogP contribution < -0.4 is 9.47 Å². The van der Waals surface area contributed by atoms with Crippen LogP contribution in [-0.4, -0.2) is 18.3 Å². The molecule has 1 N–H and O–H groups in total. The molecule has 4 heteroatoms. The van der Waals surface area contributed by atoms with Crippen molar-refractivity contribution in [1.29, 1.82) is 0 Å². The number of aliphatic hydroxyl groups excluding tert-OH is 1. The van der Waals surface area contributed by atoms with Crippen LogP contribution >= 0.6 is 15.9 Å². The summed E-state index contributed by atoms with van der Waals surface area (Å²) in [5.41, 5.74) is 2.81. The van der Waals surface area contributed by atoms with Gasteiger partial charge in [0.1, 0.15) is 6.10 Å². The molecule has 0 saturated carbocycles. The van der Waals surface area contributed by atoms with Crippen molar-refractivity contribution in [2.24, 2.45) is 0 Å². The largest absolute Gasteiger partial charge is 0.490 e. The van der Waals surface area contributed by atoms with Gasteiger partial charge in [-0.15, -0.1) is 0 Å². The van der Waals surface area contributed by atoms with Gasteiger partial charge in [0.15, 0.2) is 11.5 Å². The van der Waals surface area contributed by atoms with E-state index in [4.69, 9.17) is 9.47 Å². The van der Waals surface area contributed by atoms with Gasteiger partial charge in [0.25, 0.3) is 0 Å². The fraction of sp³-hybridized carbons (Fsp3) is 0.294. The molecular formula is C17H17BrO3. The molecule has 1 aliphatic rings. The Morgan fingerprint density at radius 1 is 1.05 bits per heavy atom. The number of ether oxygens (including phenoxy) is 2. The van der Waals surface area contributed by atoms with Crippen molar-refractivity contribution in [3.63, 3.8) is 0 Å². The average Bonchev–Trinajstić information content (AvgIpc) is 2.71. The minimum atomic E-state index is -0.697. The zero-order chi connectivity index (χ0) is 14.8. The van der Waals surface area contributed by atoms with Crippen molar-refractivity contribution in [2.45, 2.75) is 19.4 Å². The lowest BCUT2D eigenvalue weighted by molar-refractivity contribution is 0.218. The summed E-state index contributed by atoms with van der Waals surface area (Å²) in [5.74, 6) is 1.41. The van der Waals surface area contributed by atoms with Gasteiger partial charge in [-0.1, -0.05) is 45.8 Å². The van der Waals surface area contributed by atoms with Crippen LogP contribution in [0.5, 0.6) is 11.5 Å². The molecule has 3 nitrogen and oxygen atoms in total. The maximum atomic E-state index is 10.6. The third kappa shape index (κ3) is 3.06. The van der Waals surface area contributed by atoms with Crippen LogP contribution in [-0.2, 0) is 0 Å². The molecule has 2 aromatic carbocycles. The van der Waals surface area contributed by atoms with E-state index in [1.165, 1.54) is 5.56 Å². The van der Waals surface area contributed by atoms with E-state index in [0.29, 0.717) is 19.0 Å². The van der Waals surface area contributed by atoms with E-state index in [0.717, 1.165) is 27.8 Å². The minimum Gasteiger partial charge on any atom is -0.490 e. The van der Waals surface area contributed by atoms with E-state index in [1.54, 1.807) is 0 Å². The molecule has 0 spiro atoms. The third-order valence-electron chi connectivity index (χ3n) is 3.55. The second kappa shape index (κ2) is 6.08. The minimum absolute atomic E-state index is 0.634. The van der Waals surface area contributed by atoms with Gasteiger partial charge in [-0.2, -0.15) is 0 Å². The maximum Gasteiger partial charge on any atom is 0.162 e. The van der Waals surface area contributed by atoms with Gasteiger partial charge in [0.05, 0.1) is 13.2 Å². The first-order chi connectivity index (χ1) is 10.1. The highest BCUT2D eigenvalue weighted by atomic mass is 79.9. The van der Waals surface area contributed by atoms with Crippen LogP contribution in [0.15, 0.2) is 40.9 Å². The fourth-order valence-electron chi connectivity index (χ4n) is 2.34. The summed E-state index contributed by atoms with van der Waals surface area (Å²) in [6.07, 6.45) is 0.166. The number of aryl methyl sites for hydroxylation is 1. The third-order valence-corrected chi connectivity index (χ3v) is 4.24. The van der Waals surface area contributed by atoms with Gasteiger partial charge in [-0.05, 0) is 24.6 Å². The van der Waals surface area contributed by atoms with E-state index in [-0.39, 0.29) is 0 Å². The number of aliphatic hydroxyl groups is 1. The van der Waals surface area contributed by atoms with Gasteiger partial charge >= 0.3 is 0 Å². The number of hydrogen-bond donors (Lipinski definition) is 1. The average molecular weight is 349 g/mol. The summed E-state index contributed by atoms with van der Waals surface area (Å²) in [6, 6.07) is 11.6. The number of benzene rings is 2. The Labute approximate surface area is 132 Å². The van der Waals surface area contributed by atoms with Crippen LogP contribution in [0.4, 0.5) is 0 Å². The number of halogens is 1. The van der Waals surface area contributed by atoms with Crippen molar-refractivity contribution in [3.8, 4) is 11.5 Å². The van der Waals surface area contributed by atoms with Gasteiger partial charge in [-0.25, -0.2) is 0 Å². The van der Waals surface area contributed by atoms with Crippen LogP contribution in [0.2, 0.25) is 0 Å². The van der Waals surface area contributed by atoms with E-state index < -0.39 is 6.10 Å². The van der Waals surface area contributed by atoms with Crippen LogP contribution in [0.25, 0.3) is 0 Å². The smallest absolute Gasteiger partial charge is 0.162 e. The first-order valence-corrected chi connectivity index (χ1v) is 7.78. The molecule has 0 amide bonds. The molecule has 21 heavy (non-hydrogen) atoms. The molecule has 0 saturated heterocycles. The van der Waals surface area contributed by atoms with Gasteiger partial charge < -0.3 is 14.6 Å².